The van der Waals surface area contributed by atoms with E-state index >= 15 is 0 Å². The van der Waals surface area contributed by atoms with E-state index in [2.05, 4.69) is 26.0 Å². The van der Waals surface area contributed by atoms with Crippen molar-refractivity contribution in [3.05, 3.63) is 28.8 Å². The second-order valence-electron chi connectivity index (χ2n) is 2.74. The summed E-state index contributed by atoms with van der Waals surface area (Å²) >= 11 is 0. The highest BCUT2D eigenvalue weighted by Gasteiger charge is 1.98. The van der Waals surface area contributed by atoms with Crippen molar-refractivity contribution in [3.8, 4) is 0 Å². The zero-order valence-electron chi connectivity index (χ0n) is 10.7. The molecule has 1 aromatic rings. The summed E-state index contributed by atoms with van der Waals surface area (Å²) in [6.45, 7) is 14.2. The fourth-order valence-electron chi connectivity index (χ4n) is 0.973. The number of benzene rings is 1. The molecule has 0 aliphatic heterocycles. The van der Waals surface area contributed by atoms with Crippen molar-refractivity contribution in [2.75, 3.05) is 5.73 Å². The summed E-state index contributed by atoms with van der Waals surface area (Å²) in [5, 5.41) is 0. The third-order valence-corrected chi connectivity index (χ3v) is 2.00. The molecule has 1 nitrogen and oxygen atoms in total. The Balaban J connectivity index is 0. The first-order valence-corrected chi connectivity index (χ1v) is 5.45. The van der Waals surface area contributed by atoms with Gasteiger partial charge in [-0.1, -0.05) is 39.8 Å². The zero-order valence-corrected chi connectivity index (χ0v) is 10.7. The highest BCUT2D eigenvalue weighted by Crippen LogP contribution is 2.18. The van der Waals surface area contributed by atoms with E-state index in [1.54, 1.807) is 0 Å². The second kappa shape index (κ2) is 8.61. The first-order chi connectivity index (χ1) is 6.63. The predicted molar refractivity (Wildman–Crippen MR) is 67.8 cm³/mol. The molecule has 0 fully saturated rings. The van der Waals surface area contributed by atoms with E-state index in [1.165, 1.54) is 16.7 Å². The molecular weight excluding hydrogens is 170 g/mol. The molecule has 0 radical (unpaired) electrons. The smallest absolute Gasteiger partial charge is 0.0376 e. The molecule has 1 rings (SSSR count). The fourth-order valence-corrected chi connectivity index (χ4v) is 0.973. The molecule has 0 amide bonds. The standard InChI is InChI=1S/C9H13N.2C2H6/c1-6-4-5-7(2)9(10)8(6)3;2*1-2/h4-5H,10H2,1-3H3;2*1-2H3. The summed E-state index contributed by atoms with van der Waals surface area (Å²) in [7, 11) is 0. The molecule has 82 valence electrons. The van der Waals surface area contributed by atoms with Gasteiger partial charge in [-0.15, -0.1) is 0 Å². The van der Waals surface area contributed by atoms with Crippen LogP contribution in [-0.4, -0.2) is 0 Å². The highest BCUT2D eigenvalue weighted by atomic mass is 14.6. The van der Waals surface area contributed by atoms with Gasteiger partial charge in [0.2, 0.25) is 0 Å². The Morgan fingerprint density at radius 3 is 1.50 bits per heavy atom. The normalized spacial score (nSPS) is 7.93. The van der Waals surface area contributed by atoms with E-state index in [0.29, 0.717) is 0 Å². The van der Waals surface area contributed by atoms with Crippen LogP contribution in [0.3, 0.4) is 0 Å². The Labute approximate surface area is 89.3 Å². The number of nitrogens with two attached hydrogens (primary N) is 1. The lowest BCUT2D eigenvalue weighted by Crippen LogP contribution is -1.94. The lowest BCUT2D eigenvalue weighted by atomic mass is 10.0. The van der Waals surface area contributed by atoms with Gasteiger partial charge in [-0.25, -0.2) is 0 Å². The molecule has 0 spiro atoms. The predicted octanol–water partition coefficient (Wildman–Crippen LogP) is 4.25. The monoisotopic (exact) mass is 195 g/mol. The molecule has 0 bridgehead atoms. The van der Waals surface area contributed by atoms with Crippen LogP contribution in [0, 0.1) is 20.8 Å². The molecule has 1 heteroatoms. The summed E-state index contributed by atoms with van der Waals surface area (Å²) in [6.07, 6.45) is 0. The Hall–Kier alpha value is -0.980. The SMILES string of the molecule is CC.CC.Cc1ccc(C)c(N)c1C. The van der Waals surface area contributed by atoms with Crippen molar-refractivity contribution in [1.82, 2.24) is 0 Å². The molecule has 0 aliphatic rings. The van der Waals surface area contributed by atoms with E-state index in [4.69, 9.17) is 5.73 Å². The van der Waals surface area contributed by atoms with Gasteiger partial charge < -0.3 is 5.73 Å². The molecule has 0 saturated heterocycles. The molecule has 0 unspecified atom stereocenters. The number of anilines is 1. The van der Waals surface area contributed by atoms with Crippen LogP contribution < -0.4 is 5.73 Å². The Morgan fingerprint density at radius 1 is 0.786 bits per heavy atom. The van der Waals surface area contributed by atoms with Crippen LogP contribution >= 0.6 is 0 Å². The number of rotatable bonds is 0. The van der Waals surface area contributed by atoms with Gasteiger partial charge in [0, 0.05) is 5.69 Å². The van der Waals surface area contributed by atoms with Gasteiger partial charge in [-0.05, 0) is 37.5 Å². The quantitative estimate of drug-likeness (QED) is 0.615. The third-order valence-electron chi connectivity index (χ3n) is 2.00. The third kappa shape index (κ3) is 4.31. The van der Waals surface area contributed by atoms with Gasteiger partial charge in [0.25, 0.3) is 0 Å². The second-order valence-corrected chi connectivity index (χ2v) is 2.74. The van der Waals surface area contributed by atoms with Crippen LogP contribution in [-0.2, 0) is 0 Å². The Kier molecular flexibility index (Phi) is 9.53. The Morgan fingerprint density at radius 2 is 1.14 bits per heavy atom. The number of hydrogen-bond acceptors (Lipinski definition) is 1. The number of aryl methyl sites for hydroxylation is 2. The minimum atomic E-state index is 0.931. The van der Waals surface area contributed by atoms with E-state index < -0.39 is 0 Å². The van der Waals surface area contributed by atoms with E-state index in [0.717, 1.165) is 5.69 Å². The van der Waals surface area contributed by atoms with E-state index in [9.17, 15) is 0 Å². The highest BCUT2D eigenvalue weighted by molar-refractivity contribution is 5.55. The van der Waals surface area contributed by atoms with Crippen LogP contribution in [0.4, 0.5) is 5.69 Å². The molecule has 0 atom stereocenters. The lowest BCUT2D eigenvalue weighted by Gasteiger charge is -2.05. The zero-order chi connectivity index (χ0) is 11.7. The molecule has 1 aromatic carbocycles. The van der Waals surface area contributed by atoms with Crippen molar-refractivity contribution in [1.29, 1.82) is 0 Å². The molecule has 0 saturated carbocycles. The number of hydrogen-bond donors (Lipinski definition) is 1. The van der Waals surface area contributed by atoms with Crippen molar-refractivity contribution in [2.45, 2.75) is 48.5 Å². The van der Waals surface area contributed by atoms with Gasteiger partial charge in [0.15, 0.2) is 0 Å². The molecule has 0 heterocycles. The topological polar surface area (TPSA) is 26.0 Å². The van der Waals surface area contributed by atoms with Crippen molar-refractivity contribution < 1.29 is 0 Å². The summed E-state index contributed by atoms with van der Waals surface area (Å²) in [5.41, 5.74) is 10.4. The van der Waals surface area contributed by atoms with Crippen molar-refractivity contribution in [2.24, 2.45) is 0 Å². The first-order valence-electron chi connectivity index (χ1n) is 5.45. The van der Waals surface area contributed by atoms with E-state index in [-0.39, 0.29) is 0 Å². The van der Waals surface area contributed by atoms with Gasteiger partial charge in [-0.3, -0.25) is 0 Å². The van der Waals surface area contributed by atoms with Gasteiger partial charge in [-0.2, -0.15) is 0 Å². The molecule has 0 aromatic heterocycles. The summed E-state index contributed by atoms with van der Waals surface area (Å²) in [6, 6.07) is 4.15. The average molecular weight is 195 g/mol. The molecule has 14 heavy (non-hydrogen) atoms. The van der Waals surface area contributed by atoms with Gasteiger partial charge in [0.1, 0.15) is 0 Å². The molecule has 0 aliphatic carbocycles. The fraction of sp³-hybridized carbons (Fsp3) is 0.538. The van der Waals surface area contributed by atoms with Crippen LogP contribution in [0.1, 0.15) is 44.4 Å². The van der Waals surface area contributed by atoms with Crippen LogP contribution in [0.15, 0.2) is 12.1 Å². The number of nitrogen functional groups attached to an aromatic ring is 1. The summed E-state index contributed by atoms with van der Waals surface area (Å²) in [5.74, 6) is 0. The largest absolute Gasteiger partial charge is 0.398 e. The minimum Gasteiger partial charge on any atom is -0.398 e. The minimum absolute atomic E-state index is 0.931. The molecule has 2 N–H and O–H groups in total. The van der Waals surface area contributed by atoms with Crippen molar-refractivity contribution in [3.63, 3.8) is 0 Å². The van der Waals surface area contributed by atoms with Crippen molar-refractivity contribution >= 4 is 5.69 Å². The maximum Gasteiger partial charge on any atom is 0.0376 e. The van der Waals surface area contributed by atoms with Gasteiger partial charge >= 0.3 is 0 Å². The first kappa shape index (κ1) is 15.5. The lowest BCUT2D eigenvalue weighted by molar-refractivity contribution is 1.31. The van der Waals surface area contributed by atoms with E-state index in [1.807, 2.05) is 34.6 Å². The van der Waals surface area contributed by atoms with Crippen LogP contribution in [0.25, 0.3) is 0 Å². The average Bonchev–Trinajstić information content (AvgIpc) is 2.26. The summed E-state index contributed by atoms with van der Waals surface area (Å²) < 4.78 is 0. The maximum absolute atomic E-state index is 5.78. The maximum atomic E-state index is 5.78. The summed E-state index contributed by atoms with van der Waals surface area (Å²) in [4.78, 5) is 0. The van der Waals surface area contributed by atoms with Gasteiger partial charge in [0.05, 0.1) is 0 Å². The van der Waals surface area contributed by atoms with Crippen LogP contribution in [0.2, 0.25) is 0 Å². The van der Waals surface area contributed by atoms with Crippen LogP contribution in [0.5, 0.6) is 0 Å². The Bertz CT molecular complexity index is 225. The molecular formula is C13H25N.